The Morgan fingerprint density at radius 2 is 2.14 bits per heavy atom. The molecule has 0 saturated heterocycles. The Morgan fingerprint density at radius 1 is 1.45 bits per heavy atom. The second-order valence-corrected chi connectivity index (χ2v) is 5.00. The van der Waals surface area contributed by atoms with E-state index in [-0.39, 0.29) is 11.7 Å². The summed E-state index contributed by atoms with van der Waals surface area (Å²) in [7, 11) is 1.49. The van der Waals surface area contributed by atoms with Gasteiger partial charge in [0, 0.05) is 0 Å². The number of ether oxygens (including phenoxy) is 3. The first-order valence-corrected chi connectivity index (χ1v) is 7.13. The lowest BCUT2D eigenvalue weighted by atomic mass is 10.1. The minimum absolute atomic E-state index is 0.114. The SMILES string of the molecule is CCOc1cc(/C=C(\C#N)C(=O)OC(C)C)cc(Cl)c1OC. The summed E-state index contributed by atoms with van der Waals surface area (Å²) in [5, 5.41) is 9.43. The largest absolute Gasteiger partial charge is 0.491 e. The van der Waals surface area contributed by atoms with Crippen molar-refractivity contribution in [1.29, 1.82) is 5.26 Å². The van der Waals surface area contributed by atoms with E-state index in [9.17, 15) is 4.79 Å². The first-order chi connectivity index (χ1) is 10.4. The molecule has 0 aromatic heterocycles. The minimum atomic E-state index is -0.678. The van der Waals surface area contributed by atoms with Gasteiger partial charge in [0.2, 0.25) is 0 Å². The highest BCUT2D eigenvalue weighted by molar-refractivity contribution is 6.32. The van der Waals surface area contributed by atoms with E-state index in [0.717, 1.165) is 0 Å². The van der Waals surface area contributed by atoms with E-state index in [0.29, 0.717) is 28.7 Å². The van der Waals surface area contributed by atoms with E-state index in [4.69, 9.17) is 31.1 Å². The number of esters is 1. The highest BCUT2D eigenvalue weighted by Crippen LogP contribution is 2.36. The van der Waals surface area contributed by atoms with E-state index < -0.39 is 5.97 Å². The third-order valence-corrected chi connectivity index (χ3v) is 2.81. The van der Waals surface area contributed by atoms with Gasteiger partial charge in [-0.3, -0.25) is 0 Å². The summed E-state index contributed by atoms with van der Waals surface area (Å²) in [5.74, 6) is 0.171. The average Bonchev–Trinajstić information content (AvgIpc) is 2.44. The zero-order valence-corrected chi connectivity index (χ0v) is 13.7. The van der Waals surface area contributed by atoms with E-state index in [2.05, 4.69) is 0 Å². The fourth-order valence-electron chi connectivity index (χ4n) is 1.71. The van der Waals surface area contributed by atoms with E-state index >= 15 is 0 Å². The van der Waals surface area contributed by atoms with Crippen molar-refractivity contribution in [3.8, 4) is 17.6 Å². The van der Waals surface area contributed by atoms with Crippen LogP contribution in [0, 0.1) is 11.3 Å². The Hall–Kier alpha value is -2.19. The summed E-state index contributed by atoms with van der Waals surface area (Å²) in [6.07, 6.45) is 1.10. The molecular formula is C16H18ClNO4. The van der Waals surface area contributed by atoms with Gasteiger partial charge in [-0.2, -0.15) is 5.26 Å². The van der Waals surface area contributed by atoms with Crippen molar-refractivity contribution in [2.75, 3.05) is 13.7 Å². The lowest BCUT2D eigenvalue weighted by Crippen LogP contribution is -2.12. The summed E-state index contributed by atoms with van der Waals surface area (Å²) < 4.78 is 15.6. The molecular weight excluding hydrogens is 306 g/mol. The smallest absolute Gasteiger partial charge is 0.349 e. The number of hydrogen-bond acceptors (Lipinski definition) is 5. The van der Waals surface area contributed by atoms with E-state index in [1.807, 2.05) is 13.0 Å². The quantitative estimate of drug-likeness (QED) is 0.454. The molecule has 0 bridgehead atoms. The van der Waals surface area contributed by atoms with Crippen molar-refractivity contribution >= 4 is 23.6 Å². The predicted molar refractivity (Wildman–Crippen MR) is 84.0 cm³/mol. The third-order valence-electron chi connectivity index (χ3n) is 2.53. The van der Waals surface area contributed by atoms with Gasteiger partial charge < -0.3 is 14.2 Å². The molecule has 0 fully saturated rings. The maximum Gasteiger partial charge on any atom is 0.349 e. The zero-order valence-electron chi connectivity index (χ0n) is 13.0. The van der Waals surface area contributed by atoms with Gasteiger partial charge in [-0.1, -0.05) is 11.6 Å². The molecule has 0 spiro atoms. The first-order valence-electron chi connectivity index (χ1n) is 6.76. The molecule has 0 amide bonds. The fraction of sp³-hybridized carbons (Fsp3) is 0.375. The number of hydrogen-bond donors (Lipinski definition) is 0. The molecule has 0 atom stereocenters. The van der Waals surface area contributed by atoms with Crippen LogP contribution in [-0.4, -0.2) is 25.8 Å². The van der Waals surface area contributed by atoms with Crippen LogP contribution in [0.1, 0.15) is 26.3 Å². The van der Waals surface area contributed by atoms with Gasteiger partial charge in [-0.05, 0) is 44.5 Å². The first kappa shape index (κ1) is 17.9. The van der Waals surface area contributed by atoms with Crippen LogP contribution < -0.4 is 9.47 Å². The van der Waals surface area contributed by atoms with Crippen LogP contribution in [0.4, 0.5) is 0 Å². The Morgan fingerprint density at radius 3 is 2.64 bits per heavy atom. The molecule has 0 aliphatic heterocycles. The Labute approximate surface area is 135 Å². The Balaban J connectivity index is 3.23. The second-order valence-electron chi connectivity index (χ2n) is 4.59. The molecule has 1 aromatic carbocycles. The minimum Gasteiger partial charge on any atom is -0.491 e. The predicted octanol–water partition coefficient (Wildman–Crippen LogP) is 3.61. The van der Waals surface area contributed by atoms with Crippen LogP contribution in [0.5, 0.6) is 11.5 Å². The van der Waals surface area contributed by atoms with Gasteiger partial charge in [-0.25, -0.2) is 4.79 Å². The van der Waals surface area contributed by atoms with E-state index in [1.165, 1.54) is 13.2 Å². The lowest BCUT2D eigenvalue weighted by Gasteiger charge is -2.12. The maximum absolute atomic E-state index is 11.8. The summed E-state index contributed by atoms with van der Waals surface area (Å²) >= 11 is 6.13. The molecule has 1 rings (SSSR count). The van der Waals surface area contributed by atoms with Gasteiger partial charge >= 0.3 is 5.97 Å². The lowest BCUT2D eigenvalue weighted by molar-refractivity contribution is -0.142. The highest BCUT2D eigenvalue weighted by atomic mass is 35.5. The maximum atomic E-state index is 11.8. The summed E-state index contributed by atoms with van der Waals surface area (Å²) in [6.45, 7) is 5.69. The molecule has 22 heavy (non-hydrogen) atoms. The number of rotatable bonds is 6. The topological polar surface area (TPSA) is 68.5 Å². The van der Waals surface area contributed by atoms with Gasteiger partial charge in [0.1, 0.15) is 11.6 Å². The van der Waals surface area contributed by atoms with Crippen LogP contribution in [-0.2, 0) is 9.53 Å². The van der Waals surface area contributed by atoms with Crippen LogP contribution in [0.3, 0.4) is 0 Å². The highest BCUT2D eigenvalue weighted by Gasteiger charge is 2.15. The second kappa shape index (κ2) is 8.30. The number of halogens is 1. The molecule has 0 unspecified atom stereocenters. The van der Waals surface area contributed by atoms with Crippen LogP contribution in [0.15, 0.2) is 17.7 Å². The van der Waals surface area contributed by atoms with Crippen LogP contribution in [0.25, 0.3) is 6.08 Å². The molecule has 0 saturated carbocycles. The molecule has 0 heterocycles. The number of benzene rings is 1. The molecule has 1 aromatic rings. The van der Waals surface area contributed by atoms with Gasteiger partial charge in [0.15, 0.2) is 11.5 Å². The third kappa shape index (κ3) is 4.68. The number of carbonyl (C=O) groups excluding carboxylic acids is 1. The molecule has 5 nitrogen and oxygen atoms in total. The standard InChI is InChI=1S/C16H18ClNO4/c1-5-21-14-8-11(7-13(17)15(14)20-4)6-12(9-18)16(19)22-10(2)3/h6-8,10H,5H2,1-4H3/b12-6+. The molecule has 0 radical (unpaired) electrons. The van der Waals surface area contributed by atoms with Crippen molar-refractivity contribution in [2.45, 2.75) is 26.9 Å². The number of nitrogens with zero attached hydrogens (tertiary/aromatic N) is 1. The van der Waals surface area contributed by atoms with Crippen molar-refractivity contribution in [3.05, 3.63) is 28.3 Å². The monoisotopic (exact) mass is 323 g/mol. The summed E-state index contributed by atoms with van der Waals surface area (Å²) in [4.78, 5) is 11.8. The molecule has 0 N–H and O–H groups in total. The normalized spacial score (nSPS) is 11.0. The molecule has 0 aliphatic carbocycles. The van der Waals surface area contributed by atoms with Gasteiger partial charge in [-0.15, -0.1) is 0 Å². The number of nitriles is 1. The van der Waals surface area contributed by atoms with Crippen molar-refractivity contribution in [2.24, 2.45) is 0 Å². The average molecular weight is 324 g/mol. The van der Waals surface area contributed by atoms with E-state index in [1.54, 1.807) is 26.0 Å². The van der Waals surface area contributed by atoms with Crippen molar-refractivity contribution in [1.82, 2.24) is 0 Å². The number of carbonyl (C=O) groups is 1. The van der Waals surface area contributed by atoms with Crippen LogP contribution in [0.2, 0.25) is 5.02 Å². The summed E-state index contributed by atoms with van der Waals surface area (Å²) in [5.41, 5.74) is 0.434. The fourth-order valence-corrected chi connectivity index (χ4v) is 2.01. The summed E-state index contributed by atoms with van der Waals surface area (Å²) in [6, 6.07) is 5.06. The van der Waals surface area contributed by atoms with Crippen molar-refractivity contribution < 1.29 is 19.0 Å². The van der Waals surface area contributed by atoms with Gasteiger partial charge in [0.05, 0.1) is 24.8 Å². The molecule has 6 heteroatoms. The van der Waals surface area contributed by atoms with Crippen LogP contribution >= 0.6 is 11.6 Å². The zero-order chi connectivity index (χ0) is 16.7. The number of methoxy groups -OCH3 is 1. The molecule has 118 valence electrons. The van der Waals surface area contributed by atoms with Crippen molar-refractivity contribution in [3.63, 3.8) is 0 Å². The molecule has 0 aliphatic rings. The van der Waals surface area contributed by atoms with Gasteiger partial charge in [0.25, 0.3) is 0 Å². The Bertz CT molecular complexity index is 617. The Kier molecular flexibility index (Phi) is 6.74.